The third-order valence-electron chi connectivity index (χ3n) is 4.69. The molecule has 0 bridgehead atoms. The number of rotatable bonds is 7. The first kappa shape index (κ1) is 18.0. The van der Waals surface area contributed by atoms with Gasteiger partial charge in [0.15, 0.2) is 17.1 Å². The van der Waals surface area contributed by atoms with Crippen LogP contribution in [0.15, 0.2) is 18.2 Å². The molecular weight excluding hydrogens is 324 g/mol. The average molecular weight is 350 g/mol. The summed E-state index contributed by atoms with van der Waals surface area (Å²) in [5, 5.41) is 10.9. The molecule has 1 aromatic rings. The molecule has 1 amide bonds. The molecule has 0 saturated carbocycles. The number of hydrogen-bond donors (Lipinski definition) is 1. The number of methoxy groups -OCH3 is 1. The lowest BCUT2D eigenvalue weighted by Gasteiger charge is -2.40. The molecule has 1 N–H and O–H groups in total. The van der Waals surface area contributed by atoms with Gasteiger partial charge in [-0.1, -0.05) is 6.07 Å². The van der Waals surface area contributed by atoms with Gasteiger partial charge in [-0.15, -0.1) is 0 Å². The lowest BCUT2D eigenvalue weighted by molar-refractivity contribution is -0.159. The molecule has 0 radical (unpaired) electrons. The summed E-state index contributed by atoms with van der Waals surface area (Å²) in [4.78, 5) is 16.3. The lowest BCUT2D eigenvalue weighted by atomic mass is 9.91. The van der Waals surface area contributed by atoms with E-state index in [1.54, 1.807) is 12.0 Å². The summed E-state index contributed by atoms with van der Waals surface area (Å²) >= 11 is 0. The van der Waals surface area contributed by atoms with E-state index in [0.717, 1.165) is 23.5 Å². The van der Waals surface area contributed by atoms with E-state index in [1.165, 1.54) is 0 Å². The largest absolute Gasteiger partial charge is 0.454 e. The minimum Gasteiger partial charge on any atom is -0.454 e. The van der Waals surface area contributed by atoms with Gasteiger partial charge in [0.05, 0.1) is 6.61 Å². The molecule has 0 aromatic heterocycles. The van der Waals surface area contributed by atoms with Crippen molar-refractivity contribution in [2.45, 2.75) is 25.0 Å². The first-order chi connectivity index (χ1) is 12.0. The molecule has 2 aliphatic heterocycles. The zero-order chi connectivity index (χ0) is 17.9. The van der Waals surface area contributed by atoms with E-state index >= 15 is 0 Å². The van der Waals surface area contributed by atoms with Gasteiger partial charge in [-0.3, -0.25) is 9.69 Å². The summed E-state index contributed by atoms with van der Waals surface area (Å²) in [6, 6.07) is 5.80. The lowest BCUT2D eigenvalue weighted by Crippen LogP contribution is -2.58. The first-order valence-corrected chi connectivity index (χ1v) is 8.59. The summed E-state index contributed by atoms with van der Waals surface area (Å²) in [6.07, 6.45) is 1.28. The molecular formula is C18H26N2O5. The molecule has 2 aliphatic rings. The Balaban J connectivity index is 1.61. The highest BCUT2D eigenvalue weighted by atomic mass is 16.7. The second kappa shape index (κ2) is 7.59. The van der Waals surface area contributed by atoms with Crippen molar-refractivity contribution in [2.75, 3.05) is 47.2 Å². The molecule has 0 spiro atoms. The Morgan fingerprint density at radius 1 is 1.36 bits per heavy atom. The van der Waals surface area contributed by atoms with E-state index in [0.29, 0.717) is 39.2 Å². The van der Waals surface area contributed by atoms with Crippen molar-refractivity contribution in [1.29, 1.82) is 0 Å². The molecule has 7 heteroatoms. The molecule has 2 heterocycles. The van der Waals surface area contributed by atoms with Gasteiger partial charge in [0.25, 0.3) is 5.91 Å². The van der Waals surface area contributed by atoms with Crippen molar-refractivity contribution < 1.29 is 24.1 Å². The van der Waals surface area contributed by atoms with Crippen LogP contribution in [0.2, 0.25) is 0 Å². The van der Waals surface area contributed by atoms with Crippen molar-refractivity contribution >= 4 is 5.91 Å². The third-order valence-corrected chi connectivity index (χ3v) is 4.69. The number of carbonyl (C=O) groups is 1. The van der Waals surface area contributed by atoms with E-state index in [4.69, 9.17) is 14.2 Å². The molecule has 0 unspecified atom stereocenters. The maximum absolute atomic E-state index is 12.7. The van der Waals surface area contributed by atoms with Gasteiger partial charge in [-0.2, -0.15) is 0 Å². The number of fused-ring (bicyclic) bond motifs is 1. The highest BCUT2D eigenvalue weighted by molar-refractivity contribution is 5.86. The molecule has 7 nitrogen and oxygen atoms in total. The van der Waals surface area contributed by atoms with Gasteiger partial charge < -0.3 is 24.2 Å². The summed E-state index contributed by atoms with van der Waals surface area (Å²) in [5.74, 6) is 1.29. The van der Waals surface area contributed by atoms with E-state index in [9.17, 15) is 9.90 Å². The number of aliphatic hydroxyl groups is 1. The smallest absolute Gasteiger partial charge is 0.255 e. The van der Waals surface area contributed by atoms with E-state index in [-0.39, 0.29) is 12.7 Å². The monoisotopic (exact) mass is 350 g/mol. The van der Waals surface area contributed by atoms with Crippen molar-refractivity contribution in [3.8, 4) is 11.5 Å². The minimum atomic E-state index is -1.34. The van der Waals surface area contributed by atoms with Crippen LogP contribution >= 0.6 is 0 Å². The first-order valence-electron chi connectivity index (χ1n) is 8.59. The number of hydrogen-bond acceptors (Lipinski definition) is 6. The summed E-state index contributed by atoms with van der Waals surface area (Å²) in [5.41, 5.74) is -0.285. The predicted octanol–water partition coefficient (Wildman–Crippen LogP) is 0.847. The molecule has 25 heavy (non-hydrogen) atoms. The van der Waals surface area contributed by atoms with Crippen LogP contribution < -0.4 is 9.47 Å². The van der Waals surface area contributed by atoms with Crippen molar-refractivity contribution in [3.05, 3.63) is 23.8 Å². The van der Waals surface area contributed by atoms with Crippen LogP contribution in [0.1, 0.15) is 18.4 Å². The minimum absolute atomic E-state index is 0.201. The Hall–Kier alpha value is -1.83. The number of ether oxygens (including phenoxy) is 3. The number of nitrogens with zero attached hydrogens (tertiary/aromatic N) is 2. The van der Waals surface area contributed by atoms with Crippen LogP contribution in [-0.4, -0.2) is 73.6 Å². The van der Waals surface area contributed by atoms with Crippen LogP contribution in [0.5, 0.6) is 11.5 Å². The average Bonchev–Trinajstić information content (AvgIpc) is 3.04. The molecule has 1 fully saturated rings. The van der Waals surface area contributed by atoms with E-state index in [1.807, 2.05) is 30.1 Å². The van der Waals surface area contributed by atoms with Crippen molar-refractivity contribution in [1.82, 2.24) is 9.80 Å². The quantitative estimate of drug-likeness (QED) is 0.786. The van der Waals surface area contributed by atoms with E-state index in [2.05, 4.69) is 0 Å². The molecule has 1 atom stereocenters. The fourth-order valence-corrected chi connectivity index (χ4v) is 3.48. The Kier molecular flexibility index (Phi) is 5.46. The van der Waals surface area contributed by atoms with Gasteiger partial charge in [0.2, 0.25) is 6.79 Å². The van der Waals surface area contributed by atoms with Crippen molar-refractivity contribution in [2.24, 2.45) is 0 Å². The van der Waals surface area contributed by atoms with Crippen LogP contribution in [0, 0.1) is 0 Å². The maximum atomic E-state index is 12.7. The Labute approximate surface area is 148 Å². The number of carbonyl (C=O) groups excluding carboxylic acids is 1. The number of benzene rings is 1. The summed E-state index contributed by atoms with van der Waals surface area (Å²) < 4.78 is 15.8. The van der Waals surface area contributed by atoms with Crippen molar-refractivity contribution in [3.63, 3.8) is 0 Å². The molecule has 1 saturated heterocycles. The zero-order valence-corrected chi connectivity index (χ0v) is 14.9. The second-order valence-corrected chi connectivity index (χ2v) is 6.78. The third kappa shape index (κ3) is 4.05. The Morgan fingerprint density at radius 2 is 2.16 bits per heavy atom. The number of likely N-dealkylation sites (N-methyl/N-ethyl adjacent to an activating group) is 1. The van der Waals surface area contributed by atoms with Gasteiger partial charge in [-0.05, 0) is 37.6 Å². The van der Waals surface area contributed by atoms with Gasteiger partial charge in [-0.25, -0.2) is 0 Å². The summed E-state index contributed by atoms with van der Waals surface area (Å²) in [7, 11) is 3.52. The molecule has 138 valence electrons. The van der Waals surface area contributed by atoms with Crippen LogP contribution in [0.25, 0.3) is 0 Å². The van der Waals surface area contributed by atoms with Gasteiger partial charge in [0.1, 0.15) is 0 Å². The topological polar surface area (TPSA) is 71.5 Å². The van der Waals surface area contributed by atoms with Crippen LogP contribution in [0.4, 0.5) is 0 Å². The maximum Gasteiger partial charge on any atom is 0.255 e. The zero-order valence-electron chi connectivity index (χ0n) is 14.9. The standard InChI is InChI=1S/C18H26N2O5/c1-19(11-14-4-5-15-16(10-14)25-13-24-15)12-18(22)6-3-7-20(17(18)21)8-9-23-2/h4-5,10,22H,3,6-9,11-13H2,1-2H3/t18-/m0/s1. The number of likely N-dealkylation sites (tertiary alicyclic amines) is 1. The molecule has 1 aromatic carbocycles. The summed E-state index contributed by atoms with van der Waals surface area (Å²) in [6.45, 7) is 2.84. The SMILES string of the molecule is COCCN1CCC[C@](O)(CN(C)Cc2ccc3c(c2)OCO3)C1=O. The number of amides is 1. The van der Waals surface area contributed by atoms with Crippen LogP contribution in [-0.2, 0) is 16.1 Å². The predicted molar refractivity (Wildman–Crippen MR) is 91.5 cm³/mol. The fraction of sp³-hybridized carbons (Fsp3) is 0.611. The Bertz CT molecular complexity index is 623. The Morgan fingerprint density at radius 3 is 2.96 bits per heavy atom. The fourth-order valence-electron chi connectivity index (χ4n) is 3.48. The molecule has 0 aliphatic carbocycles. The van der Waals surface area contributed by atoms with Gasteiger partial charge in [0, 0.05) is 33.3 Å². The highest BCUT2D eigenvalue weighted by Crippen LogP contribution is 2.33. The number of piperidine rings is 1. The van der Waals surface area contributed by atoms with Gasteiger partial charge >= 0.3 is 0 Å². The normalized spacial score (nSPS) is 22.7. The highest BCUT2D eigenvalue weighted by Gasteiger charge is 2.42. The van der Waals surface area contributed by atoms with E-state index < -0.39 is 5.60 Å². The molecule has 3 rings (SSSR count). The van der Waals surface area contributed by atoms with Crippen LogP contribution in [0.3, 0.4) is 0 Å². The second-order valence-electron chi connectivity index (χ2n) is 6.78.